The first-order chi connectivity index (χ1) is 8.88. The Balaban J connectivity index is 1.72. The van der Waals surface area contributed by atoms with Gasteiger partial charge in [0.05, 0.1) is 0 Å². The van der Waals surface area contributed by atoms with Crippen molar-refractivity contribution >= 4 is 0 Å². The second-order valence-electron chi connectivity index (χ2n) is 6.75. The number of fused-ring (bicyclic) bond motifs is 2. The summed E-state index contributed by atoms with van der Waals surface area (Å²) in [6.07, 6.45) is 15.7. The van der Waals surface area contributed by atoms with Gasteiger partial charge in [-0.3, -0.25) is 0 Å². The first-order valence-corrected chi connectivity index (χ1v) is 8.30. The number of rotatable bonds is 4. The zero-order valence-electron chi connectivity index (χ0n) is 12.0. The molecular weight excluding hydrogens is 218 g/mol. The van der Waals surface area contributed by atoms with Gasteiger partial charge < -0.3 is 5.32 Å². The van der Waals surface area contributed by atoms with Crippen molar-refractivity contribution < 1.29 is 0 Å². The van der Waals surface area contributed by atoms with E-state index in [0.29, 0.717) is 0 Å². The Labute approximate surface area is 112 Å². The molecule has 0 radical (unpaired) electrons. The zero-order chi connectivity index (χ0) is 12.4. The van der Waals surface area contributed by atoms with Crippen LogP contribution in [0.15, 0.2) is 11.6 Å². The van der Waals surface area contributed by atoms with Crippen molar-refractivity contribution in [2.45, 2.75) is 70.8 Å². The molecule has 0 aromatic carbocycles. The molecule has 1 heteroatoms. The summed E-state index contributed by atoms with van der Waals surface area (Å²) in [5.74, 6) is 3.09. The fraction of sp³-hybridized carbons (Fsp3) is 0.882. The summed E-state index contributed by atoms with van der Waals surface area (Å²) in [5.41, 5.74) is 1.77. The van der Waals surface area contributed by atoms with E-state index in [2.05, 4.69) is 18.3 Å². The van der Waals surface area contributed by atoms with Crippen LogP contribution in [0.2, 0.25) is 0 Å². The molecule has 2 fully saturated rings. The molecule has 2 bridgehead atoms. The van der Waals surface area contributed by atoms with Gasteiger partial charge in [-0.05, 0) is 69.2 Å². The fourth-order valence-electron chi connectivity index (χ4n) is 4.80. The summed E-state index contributed by atoms with van der Waals surface area (Å²) in [6, 6.07) is 0.725. The van der Waals surface area contributed by atoms with Crippen LogP contribution in [0, 0.1) is 17.8 Å². The predicted molar refractivity (Wildman–Crippen MR) is 77.6 cm³/mol. The van der Waals surface area contributed by atoms with Crippen LogP contribution in [0.1, 0.15) is 64.7 Å². The normalized spacial score (nSPS) is 37.4. The largest absolute Gasteiger partial charge is 0.310 e. The molecule has 2 saturated carbocycles. The van der Waals surface area contributed by atoms with E-state index in [1.807, 2.05) is 0 Å². The maximum absolute atomic E-state index is 3.84. The minimum absolute atomic E-state index is 0.725. The molecule has 3 rings (SSSR count). The van der Waals surface area contributed by atoms with Gasteiger partial charge in [0.1, 0.15) is 0 Å². The molecule has 0 aromatic heterocycles. The third kappa shape index (κ3) is 2.52. The Morgan fingerprint density at radius 3 is 2.89 bits per heavy atom. The number of nitrogens with one attached hydrogen (secondary N) is 1. The highest BCUT2D eigenvalue weighted by molar-refractivity contribution is 5.16. The summed E-state index contributed by atoms with van der Waals surface area (Å²) in [6.45, 7) is 3.41. The van der Waals surface area contributed by atoms with Crippen LogP contribution in [0.4, 0.5) is 0 Å². The van der Waals surface area contributed by atoms with Crippen molar-refractivity contribution in [2.24, 2.45) is 17.8 Å². The minimum atomic E-state index is 0.725. The number of hydrogen-bond donors (Lipinski definition) is 1. The summed E-state index contributed by atoms with van der Waals surface area (Å²) in [7, 11) is 0. The van der Waals surface area contributed by atoms with Crippen LogP contribution in [-0.4, -0.2) is 12.6 Å². The Hall–Kier alpha value is -0.300. The van der Waals surface area contributed by atoms with Crippen LogP contribution in [0.25, 0.3) is 0 Å². The van der Waals surface area contributed by atoms with E-state index in [-0.39, 0.29) is 0 Å². The first kappa shape index (κ1) is 12.7. The quantitative estimate of drug-likeness (QED) is 0.731. The van der Waals surface area contributed by atoms with E-state index in [9.17, 15) is 0 Å². The molecule has 3 aliphatic rings. The van der Waals surface area contributed by atoms with Crippen molar-refractivity contribution in [3.8, 4) is 0 Å². The number of allylic oxidation sites excluding steroid dienone is 1. The average molecular weight is 247 g/mol. The van der Waals surface area contributed by atoms with Crippen molar-refractivity contribution in [3.63, 3.8) is 0 Å². The van der Waals surface area contributed by atoms with E-state index < -0.39 is 0 Å². The Morgan fingerprint density at radius 2 is 2.17 bits per heavy atom. The van der Waals surface area contributed by atoms with Gasteiger partial charge in [-0.2, -0.15) is 0 Å². The first-order valence-electron chi connectivity index (χ1n) is 8.30. The smallest absolute Gasteiger partial charge is 0.0310 e. The number of likely N-dealkylation sites (N-methyl/N-ethyl adjacent to an activating group) is 1. The molecule has 1 nitrogen and oxygen atoms in total. The van der Waals surface area contributed by atoms with E-state index in [1.54, 1.807) is 12.0 Å². The van der Waals surface area contributed by atoms with Crippen LogP contribution in [0.5, 0.6) is 0 Å². The lowest BCUT2D eigenvalue weighted by atomic mass is 9.79. The maximum Gasteiger partial charge on any atom is 0.0310 e. The van der Waals surface area contributed by atoms with Gasteiger partial charge in [0.15, 0.2) is 0 Å². The molecule has 0 amide bonds. The lowest BCUT2D eigenvalue weighted by molar-refractivity contribution is 0.269. The second-order valence-corrected chi connectivity index (χ2v) is 6.75. The minimum Gasteiger partial charge on any atom is -0.310 e. The van der Waals surface area contributed by atoms with Crippen molar-refractivity contribution in [1.82, 2.24) is 5.32 Å². The van der Waals surface area contributed by atoms with Gasteiger partial charge >= 0.3 is 0 Å². The lowest BCUT2D eigenvalue weighted by Gasteiger charge is -2.33. The summed E-state index contributed by atoms with van der Waals surface area (Å²) in [4.78, 5) is 0. The molecule has 4 atom stereocenters. The van der Waals surface area contributed by atoms with E-state index in [1.165, 1.54) is 51.4 Å². The van der Waals surface area contributed by atoms with Gasteiger partial charge in [0.2, 0.25) is 0 Å². The van der Waals surface area contributed by atoms with Crippen molar-refractivity contribution in [3.05, 3.63) is 11.6 Å². The van der Waals surface area contributed by atoms with Crippen LogP contribution < -0.4 is 5.32 Å². The maximum atomic E-state index is 3.84. The summed E-state index contributed by atoms with van der Waals surface area (Å²) < 4.78 is 0. The third-order valence-electron chi connectivity index (χ3n) is 5.62. The lowest BCUT2D eigenvalue weighted by Crippen LogP contribution is -2.40. The number of hydrogen-bond acceptors (Lipinski definition) is 1. The van der Waals surface area contributed by atoms with Crippen molar-refractivity contribution in [2.75, 3.05) is 6.54 Å². The molecule has 0 saturated heterocycles. The van der Waals surface area contributed by atoms with Crippen LogP contribution >= 0.6 is 0 Å². The molecule has 102 valence electrons. The Morgan fingerprint density at radius 1 is 1.22 bits per heavy atom. The zero-order valence-corrected chi connectivity index (χ0v) is 12.0. The fourth-order valence-corrected chi connectivity index (χ4v) is 4.80. The molecule has 0 aromatic rings. The van der Waals surface area contributed by atoms with Gasteiger partial charge in [-0.25, -0.2) is 0 Å². The molecule has 0 aliphatic heterocycles. The molecule has 18 heavy (non-hydrogen) atoms. The van der Waals surface area contributed by atoms with Gasteiger partial charge in [-0.1, -0.05) is 31.4 Å². The second kappa shape index (κ2) is 5.77. The molecule has 0 heterocycles. The van der Waals surface area contributed by atoms with Gasteiger partial charge in [-0.15, -0.1) is 0 Å². The van der Waals surface area contributed by atoms with Crippen LogP contribution in [-0.2, 0) is 0 Å². The molecule has 0 spiro atoms. The molecule has 3 aliphatic carbocycles. The predicted octanol–water partition coefficient (Wildman–Crippen LogP) is 4.29. The van der Waals surface area contributed by atoms with E-state index in [4.69, 9.17) is 0 Å². The summed E-state index contributed by atoms with van der Waals surface area (Å²) >= 11 is 0. The standard InChI is InChI=1S/C17H29N/c1-2-18-17(14-7-5-3-4-6-8-14)16-12-13-9-10-15(16)11-13/h7,13,15-18H,2-6,8-12H2,1H3. The average Bonchev–Trinajstić information content (AvgIpc) is 2.91. The SMILES string of the molecule is CCNC(C1=CCCCCC1)C1CC2CCC1C2. The summed E-state index contributed by atoms with van der Waals surface area (Å²) in [5, 5.41) is 3.84. The van der Waals surface area contributed by atoms with E-state index >= 15 is 0 Å². The van der Waals surface area contributed by atoms with Gasteiger partial charge in [0, 0.05) is 6.04 Å². The topological polar surface area (TPSA) is 12.0 Å². The Kier molecular flexibility index (Phi) is 4.08. The van der Waals surface area contributed by atoms with Gasteiger partial charge in [0.25, 0.3) is 0 Å². The third-order valence-corrected chi connectivity index (χ3v) is 5.62. The highest BCUT2D eigenvalue weighted by Gasteiger charge is 2.43. The molecule has 1 N–H and O–H groups in total. The highest BCUT2D eigenvalue weighted by Crippen LogP contribution is 2.50. The highest BCUT2D eigenvalue weighted by atomic mass is 14.9. The Bertz CT molecular complexity index is 307. The monoisotopic (exact) mass is 247 g/mol. The van der Waals surface area contributed by atoms with Crippen LogP contribution in [0.3, 0.4) is 0 Å². The molecule has 4 unspecified atom stereocenters. The van der Waals surface area contributed by atoms with Crippen molar-refractivity contribution in [1.29, 1.82) is 0 Å². The molecular formula is C17H29N. The van der Waals surface area contributed by atoms with E-state index in [0.717, 1.165) is 30.3 Å².